The molecule has 5 heteroatoms. The van der Waals surface area contributed by atoms with Crippen LogP contribution in [0.1, 0.15) is 40.9 Å². The highest BCUT2D eigenvalue weighted by atomic mass is 32.1. The van der Waals surface area contributed by atoms with E-state index in [1.807, 2.05) is 11.4 Å². The van der Waals surface area contributed by atoms with Gasteiger partial charge in [-0.2, -0.15) is 0 Å². The molecule has 0 unspecified atom stereocenters. The maximum absolute atomic E-state index is 11.7. The predicted molar refractivity (Wildman–Crippen MR) is 70.0 cm³/mol. The normalized spacial score (nSPS) is 16.0. The first-order chi connectivity index (χ1) is 8.65. The zero-order valence-electron chi connectivity index (χ0n) is 10.2. The van der Waals surface area contributed by atoms with Crippen molar-refractivity contribution in [2.45, 2.75) is 32.2 Å². The van der Waals surface area contributed by atoms with Gasteiger partial charge in [0, 0.05) is 13.0 Å². The standard InChI is InChI=1S/C13H17NO3S/c15-11(3-4-13(16)17)12-7-10(9-18-12)8-14-5-1-2-6-14/h7,9H,1-6,8H2,(H,16,17). The van der Waals surface area contributed by atoms with Crippen LogP contribution in [-0.2, 0) is 11.3 Å². The fourth-order valence-corrected chi connectivity index (χ4v) is 3.02. The van der Waals surface area contributed by atoms with Crippen molar-refractivity contribution >= 4 is 23.1 Å². The Kier molecular flexibility index (Phi) is 4.49. The monoisotopic (exact) mass is 267 g/mol. The van der Waals surface area contributed by atoms with Gasteiger partial charge in [-0.1, -0.05) is 0 Å². The summed E-state index contributed by atoms with van der Waals surface area (Å²) < 4.78 is 0. The maximum atomic E-state index is 11.7. The van der Waals surface area contributed by atoms with E-state index in [0.717, 1.165) is 19.6 Å². The fraction of sp³-hybridized carbons (Fsp3) is 0.538. The van der Waals surface area contributed by atoms with E-state index in [9.17, 15) is 9.59 Å². The third kappa shape index (κ3) is 3.65. The molecular formula is C13H17NO3S. The first-order valence-corrected chi connectivity index (χ1v) is 7.08. The van der Waals surface area contributed by atoms with Crippen molar-refractivity contribution in [2.75, 3.05) is 13.1 Å². The van der Waals surface area contributed by atoms with E-state index in [2.05, 4.69) is 4.90 Å². The van der Waals surface area contributed by atoms with E-state index in [1.165, 1.54) is 29.7 Å². The van der Waals surface area contributed by atoms with Crippen LogP contribution in [0.4, 0.5) is 0 Å². The van der Waals surface area contributed by atoms with Crippen LogP contribution in [0.5, 0.6) is 0 Å². The summed E-state index contributed by atoms with van der Waals surface area (Å²) in [5.41, 5.74) is 1.17. The van der Waals surface area contributed by atoms with Gasteiger partial charge in [-0.3, -0.25) is 14.5 Å². The van der Waals surface area contributed by atoms with Crippen LogP contribution in [0.2, 0.25) is 0 Å². The number of Topliss-reactive ketones (excluding diaryl/α,β-unsaturated/α-hetero) is 1. The van der Waals surface area contributed by atoms with Gasteiger partial charge < -0.3 is 5.11 Å². The lowest BCUT2D eigenvalue weighted by molar-refractivity contribution is -0.136. The van der Waals surface area contributed by atoms with Crippen molar-refractivity contribution in [3.63, 3.8) is 0 Å². The Labute approximate surface area is 110 Å². The number of carbonyl (C=O) groups excluding carboxylic acids is 1. The van der Waals surface area contributed by atoms with Crippen LogP contribution in [0.3, 0.4) is 0 Å². The fourth-order valence-electron chi connectivity index (χ4n) is 2.15. The largest absolute Gasteiger partial charge is 0.481 e. The van der Waals surface area contributed by atoms with E-state index in [1.54, 1.807) is 0 Å². The Balaban J connectivity index is 1.88. The molecule has 1 aliphatic rings. The lowest BCUT2D eigenvalue weighted by Gasteiger charge is -2.12. The molecular weight excluding hydrogens is 250 g/mol. The molecule has 1 aliphatic heterocycles. The molecule has 0 amide bonds. The van der Waals surface area contributed by atoms with Crippen molar-refractivity contribution < 1.29 is 14.7 Å². The van der Waals surface area contributed by atoms with Crippen LogP contribution in [0.25, 0.3) is 0 Å². The molecule has 0 saturated carbocycles. The van der Waals surface area contributed by atoms with Crippen LogP contribution in [0, 0.1) is 0 Å². The van der Waals surface area contributed by atoms with Crippen LogP contribution >= 0.6 is 11.3 Å². The van der Waals surface area contributed by atoms with Gasteiger partial charge in [-0.05, 0) is 42.9 Å². The first kappa shape index (κ1) is 13.2. The van der Waals surface area contributed by atoms with Crippen molar-refractivity contribution in [3.05, 3.63) is 21.9 Å². The second kappa shape index (κ2) is 6.11. The lowest BCUT2D eigenvalue weighted by atomic mass is 10.2. The zero-order chi connectivity index (χ0) is 13.0. The number of aliphatic carboxylic acids is 1. The summed E-state index contributed by atoms with van der Waals surface area (Å²) >= 11 is 1.42. The van der Waals surface area contributed by atoms with Gasteiger partial charge >= 0.3 is 5.97 Å². The van der Waals surface area contributed by atoms with E-state index < -0.39 is 5.97 Å². The first-order valence-electron chi connectivity index (χ1n) is 6.20. The van der Waals surface area contributed by atoms with Crippen molar-refractivity contribution in [2.24, 2.45) is 0 Å². The number of hydrogen-bond donors (Lipinski definition) is 1. The highest BCUT2D eigenvalue weighted by Gasteiger charge is 2.15. The van der Waals surface area contributed by atoms with E-state index >= 15 is 0 Å². The smallest absolute Gasteiger partial charge is 0.303 e. The van der Waals surface area contributed by atoms with E-state index in [0.29, 0.717) is 4.88 Å². The third-order valence-electron chi connectivity index (χ3n) is 3.10. The van der Waals surface area contributed by atoms with Crippen molar-refractivity contribution in [1.82, 2.24) is 4.90 Å². The molecule has 0 atom stereocenters. The lowest BCUT2D eigenvalue weighted by Crippen LogP contribution is -2.17. The molecule has 18 heavy (non-hydrogen) atoms. The number of carbonyl (C=O) groups is 2. The van der Waals surface area contributed by atoms with Crippen molar-refractivity contribution in [3.8, 4) is 0 Å². The molecule has 4 nitrogen and oxygen atoms in total. The van der Waals surface area contributed by atoms with Crippen LogP contribution < -0.4 is 0 Å². The van der Waals surface area contributed by atoms with Gasteiger partial charge in [-0.15, -0.1) is 11.3 Å². The van der Waals surface area contributed by atoms with Crippen LogP contribution in [-0.4, -0.2) is 34.8 Å². The second-order valence-corrected chi connectivity index (χ2v) is 5.53. The topological polar surface area (TPSA) is 57.6 Å². The summed E-state index contributed by atoms with van der Waals surface area (Å²) in [5, 5.41) is 10.6. The summed E-state index contributed by atoms with van der Waals surface area (Å²) in [4.78, 5) is 25.2. The van der Waals surface area contributed by atoms with Gasteiger partial charge in [-0.25, -0.2) is 0 Å². The molecule has 2 rings (SSSR count). The molecule has 0 aromatic carbocycles. The Morgan fingerprint density at radius 3 is 2.67 bits per heavy atom. The van der Waals surface area contributed by atoms with E-state index in [4.69, 9.17) is 5.11 Å². The summed E-state index contributed by atoms with van der Waals surface area (Å²) in [6.07, 6.45) is 2.53. The highest BCUT2D eigenvalue weighted by Crippen LogP contribution is 2.20. The Bertz CT molecular complexity index is 435. The molecule has 1 aromatic heterocycles. The summed E-state index contributed by atoms with van der Waals surface area (Å²) in [6.45, 7) is 3.18. The summed E-state index contributed by atoms with van der Waals surface area (Å²) in [6, 6.07) is 1.91. The van der Waals surface area contributed by atoms with Gasteiger partial charge in [0.25, 0.3) is 0 Å². The average molecular weight is 267 g/mol. The minimum atomic E-state index is -0.919. The molecule has 1 saturated heterocycles. The van der Waals surface area contributed by atoms with Gasteiger partial charge in [0.05, 0.1) is 11.3 Å². The Morgan fingerprint density at radius 1 is 1.28 bits per heavy atom. The molecule has 0 radical (unpaired) electrons. The third-order valence-corrected chi connectivity index (χ3v) is 4.12. The number of nitrogens with zero attached hydrogens (tertiary/aromatic N) is 1. The number of carboxylic acids is 1. The van der Waals surface area contributed by atoms with Gasteiger partial charge in [0.2, 0.25) is 0 Å². The Hall–Kier alpha value is -1.20. The summed E-state index contributed by atoms with van der Waals surface area (Å²) in [5.74, 6) is -0.979. The molecule has 1 aromatic rings. The summed E-state index contributed by atoms with van der Waals surface area (Å²) in [7, 11) is 0. The molecule has 0 aliphatic carbocycles. The SMILES string of the molecule is O=C(O)CCC(=O)c1cc(CN2CCCC2)cs1. The number of hydrogen-bond acceptors (Lipinski definition) is 4. The van der Waals surface area contributed by atoms with Gasteiger partial charge in [0.15, 0.2) is 5.78 Å². The quantitative estimate of drug-likeness (QED) is 0.804. The highest BCUT2D eigenvalue weighted by molar-refractivity contribution is 7.12. The molecule has 2 heterocycles. The van der Waals surface area contributed by atoms with E-state index in [-0.39, 0.29) is 18.6 Å². The molecule has 1 N–H and O–H groups in total. The number of rotatable bonds is 6. The Morgan fingerprint density at radius 2 is 2.00 bits per heavy atom. The number of ketones is 1. The second-order valence-electron chi connectivity index (χ2n) is 4.62. The predicted octanol–water partition coefficient (Wildman–Crippen LogP) is 2.39. The number of thiophene rings is 1. The molecule has 0 spiro atoms. The minimum absolute atomic E-state index is 0.0601. The maximum Gasteiger partial charge on any atom is 0.303 e. The molecule has 98 valence electrons. The average Bonchev–Trinajstić information content (AvgIpc) is 2.98. The molecule has 1 fully saturated rings. The number of carboxylic acid groups (broad SMARTS) is 1. The zero-order valence-corrected chi connectivity index (χ0v) is 11.0. The van der Waals surface area contributed by atoms with Crippen LogP contribution in [0.15, 0.2) is 11.4 Å². The molecule has 0 bridgehead atoms. The van der Waals surface area contributed by atoms with Crippen molar-refractivity contribution in [1.29, 1.82) is 0 Å². The van der Waals surface area contributed by atoms with Gasteiger partial charge in [0.1, 0.15) is 0 Å². The number of likely N-dealkylation sites (tertiary alicyclic amines) is 1. The minimum Gasteiger partial charge on any atom is -0.481 e.